The molecule has 1 heterocycles. The number of rotatable bonds is 4. The van der Waals surface area contributed by atoms with E-state index in [0.29, 0.717) is 0 Å². The van der Waals surface area contributed by atoms with Crippen LogP contribution in [0, 0.1) is 5.82 Å². The summed E-state index contributed by atoms with van der Waals surface area (Å²) in [5.41, 5.74) is -1.49. The molecular formula is C14H15FN2O4. The number of nitrogens with zero attached hydrogens (tertiary/aromatic N) is 1. The zero-order chi connectivity index (χ0) is 15.6. The first-order chi connectivity index (χ1) is 9.95. The van der Waals surface area contributed by atoms with Crippen LogP contribution in [0.15, 0.2) is 33.9 Å². The highest BCUT2D eigenvalue weighted by molar-refractivity contribution is 5.67. The molecule has 0 radical (unpaired) electrons. The topological polar surface area (TPSA) is 84.3 Å². The molecule has 0 saturated carbocycles. The van der Waals surface area contributed by atoms with E-state index < -0.39 is 29.0 Å². The molecule has 2 aromatic rings. The van der Waals surface area contributed by atoms with Crippen LogP contribution in [-0.4, -0.2) is 28.4 Å². The highest BCUT2D eigenvalue weighted by atomic mass is 19.1. The van der Waals surface area contributed by atoms with Crippen molar-refractivity contribution in [3.63, 3.8) is 0 Å². The summed E-state index contributed by atoms with van der Waals surface area (Å²) in [5.74, 6) is -1.06. The Morgan fingerprint density at radius 1 is 1.43 bits per heavy atom. The zero-order valence-corrected chi connectivity index (χ0v) is 11.6. The molecule has 21 heavy (non-hydrogen) atoms. The largest absolute Gasteiger partial charge is 0.494 e. The van der Waals surface area contributed by atoms with E-state index in [1.54, 1.807) is 6.92 Å². The molecule has 112 valence electrons. The second-order valence-electron chi connectivity index (χ2n) is 4.64. The molecular weight excluding hydrogens is 279 g/mol. The fourth-order valence-corrected chi connectivity index (χ4v) is 2.17. The van der Waals surface area contributed by atoms with Crippen LogP contribution in [0.2, 0.25) is 0 Å². The molecule has 0 spiro atoms. The van der Waals surface area contributed by atoms with Crippen molar-refractivity contribution in [2.45, 2.75) is 13.0 Å². The number of aromatic amines is 1. The number of hydrogen-bond acceptors (Lipinski definition) is 4. The first-order valence-electron chi connectivity index (χ1n) is 6.28. The summed E-state index contributed by atoms with van der Waals surface area (Å²) < 4.78 is 19.2. The van der Waals surface area contributed by atoms with Crippen molar-refractivity contribution in [2.24, 2.45) is 0 Å². The molecule has 0 bridgehead atoms. The summed E-state index contributed by atoms with van der Waals surface area (Å²) >= 11 is 0. The molecule has 0 amide bonds. The Morgan fingerprint density at radius 3 is 2.76 bits per heavy atom. The Kier molecular flexibility index (Phi) is 4.23. The van der Waals surface area contributed by atoms with Gasteiger partial charge in [-0.05, 0) is 24.6 Å². The SMILES string of the molecule is COCC(C)n1c(O)c(-c2cccc(F)c2)c(=O)[nH]c1=O. The number of aromatic nitrogens is 2. The summed E-state index contributed by atoms with van der Waals surface area (Å²) in [6.45, 7) is 1.82. The predicted octanol–water partition coefficient (Wildman–Crippen LogP) is 1.26. The minimum Gasteiger partial charge on any atom is -0.494 e. The summed E-state index contributed by atoms with van der Waals surface area (Å²) in [5, 5.41) is 10.3. The summed E-state index contributed by atoms with van der Waals surface area (Å²) in [6.07, 6.45) is 0. The molecule has 0 aliphatic heterocycles. The first kappa shape index (κ1) is 15.0. The maximum Gasteiger partial charge on any atom is 0.331 e. The maximum atomic E-state index is 13.3. The van der Waals surface area contributed by atoms with E-state index in [4.69, 9.17) is 4.74 Å². The van der Waals surface area contributed by atoms with Crippen LogP contribution in [-0.2, 0) is 4.74 Å². The quantitative estimate of drug-likeness (QED) is 0.889. The van der Waals surface area contributed by atoms with E-state index >= 15 is 0 Å². The number of aromatic hydroxyl groups is 1. The average Bonchev–Trinajstić information content (AvgIpc) is 2.38. The Morgan fingerprint density at radius 2 is 2.14 bits per heavy atom. The Balaban J connectivity index is 2.70. The van der Waals surface area contributed by atoms with Crippen molar-refractivity contribution in [1.29, 1.82) is 0 Å². The van der Waals surface area contributed by atoms with Gasteiger partial charge in [0.15, 0.2) is 0 Å². The van der Waals surface area contributed by atoms with Crippen LogP contribution in [0.1, 0.15) is 13.0 Å². The van der Waals surface area contributed by atoms with E-state index in [-0.39, 0.29) is 17.7 Å². The van der Waals surface area contributed by atoms with Crippen molar-refractivity contribution in [1.82, 2.24) is 9.55 Å². The number of benzene rings is 1. The van der Waals surface area contributed by atoms with Gasteiger partial charge in [0.05, 0.1) is 12.6 Å². The molecule has 0 aliphatic carbocycles. The van der Waals surface area contributed by atoms with Gasteiger partial charge in [-0.1, -0.05) is 12.1 Å². The molecule has 0 fully saturated rings. The number of H-pyrrole nitrogens is 1. The Hall–Kier alpha value is -2.41. The molecule has 6 nitrogen and oxygen atoms in total. The molecule has 1 atom stereocenters. The van der Waals surface area contributed by atoms with Crippen molar-refractivity contribution < 1.29 is 14.2 Å². The summed E-state index contributed by atoms with van der Waals surface area (Å²) in [7, 11) is 1.46. The fourth-order valence-electron chi connectivity index (χ4n) is 2.17. The van der Waals surface area contributed by atoms with Crippen molar-refractivity contribution in [2.75, 3.05) is 13.7 Å². The fraction of sp³-hybridized carbons (Fsp3) is 0.286. The predicted molar refractivity (Wildman–Crippen MR) is 75.0 cm³/mol. The van der Waals surface area contributed by atoms with E-state index in [1.165, 1.54) is 25.3 Å². The molecule has 0 saturated heterocycles. The number of methoxy groups -OCH3 is 1. The summed E-state index contributed by atoms with van der Waals surface area (Å²) in [6, 6.07) is 4.73. The van der Waals surface area contributed by atoms with Crippen molar-refractivity contribution in [3.05, 3.63) is 50.9 Å². The minimum absolute atomic E-state index is 0.156. The number of halogens is 1. The van der Waals surface area contributed by atoms with Crippen LogP contribution in [0.5, 0.6) is 5.88 Å². The van der Waals surface area contributed by atoms with Gasteiger partial charge >= 0.3 is 5.69 Å². The standard InChI is InChI=1S/C14H15FN2O4/c1-8(7-21-2)17-13(19)11(12(18)16-14(17)20)9-4-3-5-10(15)6-9/h3-6,8,19H,7H2,1-2H3,(H,16,18,20). The van der Waals surface area contributed by atoms with Gasteiger partial charge in [0, 0.05) is 7.11 Å². The molecule has 2 rings (SSSR count). The van der Waals surface area contributed by atoms with Crippen LogP contribution in [0.25, 0.3) is 11.1 Å². The maximum absolute atomic E-state index is 13.3. The molecule has 1 aromatic carbocycles. The number of hydrogen-bond donors (Lipinski definition) is 2. The first-order valence-corrected chi connectivity index (χ1v) is 6.28. The van der Waals surface area contributed by atoms with E-state index in [0.717, 1.165) is 10.6 Å². The van der Waals surface area contributed by atoms with E-state index in [9.17, 15) is 19.1 Å². The number of nitrogens with one attached hydrogen (secondary N) is 1. The molecule has 0 aliphatic rings. The second-order valence-corrected chi connectivity index (χ2v) is 4.64. The minimum atomic E-state index is -0.774. The normalized spacial score (nSPS) is 12.3. The van der Waals surface area contributed by atoms with E-state index in [2.05, 4.69) is 4.98 Å². The highest BCUT2D eigenvalue weighted by Crippen LogP contribution is 2.26. The lowest BCUT2D eigenvalue weighted by molar-refractivity contribution is 0.155. The van der Waals surface area contributed by atoms with Gasteiger partial charge in [0.2, 0.25) is 5.88 Å². The third kappa shape index (κ3) is 2.87. The third-order valence-corrected chi connectivity index (χ3v) is 3.08. The smallest absolute Gasteiger partial charge is 0.331 e. The van der Waals surface area contributed by atoms with Crippen molar-refractivity contribution in [3.8, 4) is 17.0 Å². The monoisotopic (exact) mass is 294 g/mol. The van der Waals surface area contributed by atoms with Crippen LogP contribution >= 0.6 is 0 Å². The van der Waals surface area contributed by atoms with Gasteiger partial charge in [-0.3, -0.25) is 14.3 Å². The van der Waals surface area contributed by atoms with Gasteiger partial charge in [-0.2, -0.15) is 0 Å². The molecule has 1 unspecified atom stereocenters. The average molecular weight is 294 g/mol. The lowest BCUT2D eigenvalue weighted by atomic mass is 10.1. The van der Waals surface area contributed by atoms with Gasteiger partial charge < -0.3 is 9.84 Å². The molecule has 7 heteroatoms. The lowest BCUT2D eigenvalue weighted by Crippen LogP contribution is -2.34. The van der Waals surface area contributed by atoms with Gasteiger partial charge in [-0.15, -0.1) is 0 Å². The highest BCUT2D eigenvalue weighted by Gasteiger charge is 2.19. The van der Waals surface area contributed by atoms with Gasteiger partial charge in [0.25, 0.3) is 5.56 Å². The van der Waals surface area contributed by atoms with Crippen LogP contribution < -0.4 is 11.2 Å². The summed E-state index contributed by atoms with van der Waals surface area (Å²) in [4.78, 5) is 25.9. The zero-order valence-electron chi connectivity index (χ0n) is 11.6. The molecule has 2 N–H and O–H groups in total. The third-order valence-electron chi connectivity index (χ3n) is 3.08. The van der Waals surface area contributed by atoms with E-state index in [1.807, 2.05) is 0 Å². The second kappa shape index (κ2) is 5.92. The van der Waals surface area contributed by atoms with Crippen LogP contribution in [0.3, 0.4) is 0 Å². The van der Waals surface area contributed by atoms with Gasteiger partial charge in [0.1, 0.15) is 11.4 Å². The molecule has 1 aromatic heterocycles. The lowest BCUT2D eigenvalue weighted by Gasteiger charge is -2.17. The Bertz CT molecular complexity index is 766. The van der Waals surface area contributed by atoms with Crippen molar-refractivity contribution >= 4 is 0 Å². The van der Waals surface area contributed by atoms with Gasteiger partial charge in [-0.25, -0.2) is 9.18 Å². The number of ether oxygens (including phenoxy) is 1. The van der Waals surface area contributed by atoms with Crippen LogP contribution in [0.4, 0.5) is 4.39 Å². The Labute approximate surface area is 119 Å².